The first-order valence-electron chi connectivity index (χ1n) is 8.20. The molecule has 3 heterocycles. The van der Waals surface area contributed by atoms with Crippen LogP contribution in [0.1, 0.15) is 28.9 Å². The predicted octanol–water partition coefficient (Wildman–Crippen LogP) is 2.71. The van der Waals surface area contributed by atoms with Gasteiger partial charge in [0.2, 0.25) is 5.82 Å². The number of nitrogens with zero attached hydrogens (tertiary/aromatic N) is 2. The van der Waals surface area contributed by atoms with Crippen LogP contribution in [-0.4, -0.2) is 30.9 Å². The monoisotopic (exact) mass is 396 g/mol. The van der Waals surface area contributed by atoms with Gasteiger partial charge in [0.05, 0.1) is 17.9 Å². The number of furan rings is 1. The molecule has 0 saturated carbocycles. The molecule has 5 nitrogen and oxygen atoms in total. The van der Waals surface area contributed by atoms with E-state index < -0.39 is 5.79 Å². The summed E-state index contributed by atoms with van der Waals surface area (Å²) in [4.78, 5) is 9.79. The lowest BCUT2D eigenvalue weighted by Gasteiger charge is -2.09. The van der Waals surface area contributed by atoms with Gasteiger partial charge in [0, 0.05) is 17.0 Å². The Morgan fingerprint density at radius 2 is 2.22 bits per heavy atom. The molecule has 27 heavy (non-hydrogen) atoms. The van der Waals surface area contributed by atoms with Crippen LogP contribution in [0.3, 0.4) is 0 Å². The second kappa shape index (κ2) is 8.36. The fourth-order valence-corrected chi connectivity index (χ4v) is 4.18. The number of fused-ring (bicyclic) bond motifs is 1. The summed E-state index contributed by atoms with van der Waals surface area (Å²) in [6.45, 7) is 2.05. The van der Waals surface area contributed by atoms with Crippen LogP contribution in [0.2, 0.25) is 0 Å². The Hall–Kier alpha value is -2.65. The minimum absolute atomic E-state index is 0.0474. The number of anilines is 1. The number of halogens is 1. The lowest BCUT2D eigenvalue weighted by atomic mass is 10.2. The van der Waals surface area contributed by atoms with E-state index in [4.69, 9.17) is 23.0 Å². The highest BCUT2D eigenvalue weighted by molar-refractivity contribution is 7.09. The van der Waals surface area contributed by atoms with Crippen molar-refractivity contribution in [3.63, 3.8) is 0 Å². The molecule has 0 aromatic carbocycles. The van der Waals surface area contributed by atoms with Crippen molar-refractivity contribution in [1.82, 2.24) is 9.97 Å². The summed E-state index contributed by atoms with van der Waals surface area (Å²) in [5.41, 5.74) is 7.02. The van der Waals surface area contributed by atoms with Crippen molar-refractivity contribution in [3.8, 4) is 24.7 Å². The Bertz CT molecular complexity index is 1020. The van der Waals surface area contributed by atoms with E-state index in [9.17, 15) is 4.39 Å². The molecule has 2 radical (unpaired) electrons. The summed E-state index contributed by atoms with van der Waals surface area (Å²) in [6.07, 6.45) is 11.5. The first kappa shape index (κ1) is 19.1. The van der Waals surface area contributed by atoms with Gasteiger partial charge < -0.3 is 15.5 Å². The minimum Gasteiger partial charge on any atom is -0.454 e. The number of aromatic nitrogens is 2. The topological polar surface area (TPSA) is 77.0 Å². The average molecular weight is 397 g/mol. The zero-order valence-corrected chi connectivity index (χ0v) is 16.4. The van der Waals surface area contributed by atoms with Crippen molar-refractivity contribution in [2.75, 3.05) is 5.32 Å². The van der Waals surface area contributed by atoms with Crippen LogP contribution in [0, 0.1) is 24.7 Å². The maximum Gasteiger partial charge on any atom is 0.207 e. The Balaban J connectivity index is 2.00. The third-order valence-electron chi connectivity index (χ3n) is 3.74. The molecule has 3 N–H and O–H groups in total. The SMILES string of the molecule is C#Cc1nc(NCc2cccs2)c2oc(C[C@@H](N)[Si][C@H](C)F)c(C#C)c2n1. The zero-order valence-electron chi connectivity index (χ0n) is 14.6. The van der Waals surface area contributed by atoms with Crippen LogP contribution in [0.15, 0.2) is 21.9 Å². The van der Waals surface area contributed by atoms with Gasteiger partial charge in [0.1, 0.15) is 20.8 Å². The van der Waals surface area contributed by atoms with E-state index in [0.29, 0.717) is 41.2 Å². The fourth-order valence-electron chi connectivity index (χ4n) is 2.64. The van der Waals surface area contributed by atoms with Crippen molar-refractivity contribution >= 4 is 37.8 Å². The maximum absolute atomic E-state index is 13.2. The van der Waals surface area contributed by atoms with E-state index in [1.165, 1.54) is 6.92 Å². The van der Waals surface area contributed by atoms with Gasteiger partial charge in [-0.05, 0) is 24.3 Å². The summed E-state index contributed by atoms with van der Waals surface area (Å²) in [5, 5.41) is 5.22. The van der Waals surface area contributed by atoms with E-state index >= 15 is 0 Å². The molecule has 2 atom stereocenters. The van der Waals surface area contributed by atoms with E-state index in [0.717, 1.165) is 4.88 Å². The molecule has 3 aromatic heterocycles. The Kier molecular flexibility index (Phi) is 5.92. The number of rotatable bonds is 7. The highest BCUT2D eigenvalue weighted by atomic mass is 32.1. The van der Waals surface area contributed by atoms with Crippen molar-refractivity contribution in [1.29, 1.82) is 0 Å². The van der Waals surface area contributed by atoms with Crippen molar-refractivity contribution < 1.29 is 8.81 Å². The van der Waals surface area contributed by atoms with Crippen LogP contribution in [0.5, 0.6) is 0 Å². The van der Waals surface area contributed by atoms with E-state index in [2.05, 4.69) is 27.1 Å². The second-order valence-corrected chi connectivity index (χ2v) is 8.69. The molecule has 0 unspecified atom stereocenters. The Morgan fingerprint density at radius 3 is 2.85 bits per heavy atom. The van der Waals surface area contributed by atoms with Gasteiger partial charge in [0.15, 0.2) is 11.4 Å². The third kappa shape index (κ3) is 4.37. The van der Waals surface area contributed by atoms with E-state index in [-0.39, 0.29) is 21.0 Å². The number of nitrogens with one attached hydrogen (secondary N) is 1. The molecular formula is C19H17FN4OSSi. The summed E-state index contributed by atoms with van der Waals surface area (Å²) >= 11 is 1.62. The van der Waals surface area contributed by atoms with Crippen LogP contribution in [-0.2, 0) is 13.0 Å². The summed E-state index contributed by atoms with van der Waals surface area (Å²) in [7, 11) is -0.0474. The minimum atomic E-state index is -0.977. The third-order valence-corrected chi connectivity index (χ3v) is 5.71. The molecule has 8 heteroatoms. The highest BCUT2D eigenvalue weighted by Crippen LogP contribution is 2.30. The molecule has 0 saturated heterocycles. The molecular weight excluding hydrogens is 379 g/mol. The summed E-state index contributed by atoms with van der Waals surface area (Å²) in [5.74, 6) is 5.24. The largest absolute Gasteiger partial charge is 0.454 e. The molecule has 0 aliphatic heterocycles. The molecule has 0 spiro atoms. The molecule has 0 bridgehead atoms. The number of alkyl halides is 1. The summed E-state index contributed by atoms with van der Waals surface area (Å²) in [6, 6.07) is 3.98. The second-order valence-electron chi connectivity index (χ2n) is 5.79. The zero-order chi connectivity index (χ0) is 19.4. The fraction of sp³-hybridized carbons (Fsp3) is 0.263. The van der Waals surface area contributed by atoms with Crippen LogP contribution in [0.4, 0.5) is 10.2 Å². The molecule has 0 aliphatic rings. The smallest absolute Gasteiger partial charge is 0.207 e. The number of nitrogens with two attached hydrogens (primary N) is 1. The van der Waals surface area contributed by atoms with Crippen molar-refractivity contribution in [3.05, 3.63) is 39.5 Å². The molecule has 0 fully saturated rings. The number of thiophene rings is 1. The number of hydrogen-bond acceptors (Lipinski definition) is 6. The van der Waals surface area contributed by atoms with Gasteiger partial charge in [-0.25, -0.2) is 4.98 Å². The van der Waals surface area contributed by atoms with Gasteiger partial charge in [-0.3, -0.25) is 4.39 Å². The van der Waals surface area contributed by atoms with Gasteiger partial charge >= 0.3 is 0 Å². The van der Waals surface area contributed by atoms with Crippen LogP contribution in [0.25, 0.3) is 11.1 Å². The van der Waals surface area contributed by atoms with Gasteiger partial charge in [-0.2, -0.15) is 4.98 Å². The number of terminal acetylenes is 2. The molecule has 3 aromatic rings. The Morgan fingerprint density at radius 1 is 1.41 bits per heavy atom. The van der Waals surface area contributed by atoms with Gasteiger partial charge in [-0.15, -0.1) is 24.2 Å². The predicted molar refractivity (Wildman–Crippen MR) is 107 cm³/mol. The average Bonchev–Trinajstić information content (AvgIpc) is 3.25. The highest BCUT2D eigenvalue weighted by Gasteiger charge is 2.22. The first-order chi connectivity index (χ1) is 13.0. The van der Waals surface area contributed by atoms with E-state index in [1.807, 2.05) is 17.5 Å². The molecule has 136 valence electrons. The van der Waals surface area contributed by atoms with Gasteiger partial charge in [0.25, 0.3) is 0 Å². The molecule has 0 amide bonds. The maximum atomic E-state index is 13.2. The van der Waals surface area contributed by atoms with Crippen LogP contribution < -0.4 is 11.1 Å². The molecule has 3 rings (SSSR count). The molecule has 0 aliphatic carbocycles. The standard InChI is InChI=1S/C19H17FN4OSSi/c1-4-13-14(9-15(21)27-11(3)20)25-18-17(13)23-16(5-2)24-19(18)22-10-12-7-6-8-26-12/h1-2,6-8,11,15H,9-10,21H2,3H3,(H,22,23,24)/t11-,15+/m1/s1. The quantitative estimate of drug-likeness (QED) is 0.474. The first-order valence-corrected chi connectivity index (χ1v) is 10.2. The number of hydrogen-bond donors (Lipinski definition) is 2. The lowest BCUT2D eigenvalue weighted by Crippen LogP contribution is -2.34. The van der Waals surface area contributed by atoms with E-state index in [1.54, 1.807) is 11.3 Å². The van der Waals surface area contributed by atoms with Crippen molar-refractivity contribution in [2.24, 2.45) is 5.73 Å². The van der Waals surface area contributed by atoms with Gasteiger partial charge in [-0.1, -0.05) is 12.0 Å². The normalized spacial score (nSPS) is 13.1. The van der Waals surface area contributed by atoms with Crippen LogP contribution >= 0.6 is 11.3 Å². The Labute approximate surface area is 163 Å². The van der Waals surface area contributed by atoms with Crippen molar-refractivity contribution in [2.45, 2.75) is 31.3 Å². The summed E-state index contributed by atoms with van der Waals surface area (Å²) < 4.78 is 19.2. The lowest BCUT2D eigenvalue weighted by molar-refractivity contribution is 0.461.